The molecule has 2 aromatic carbocycles. The molecule has 0 amide bonds. The van der Waals surface area contributed by atoms with Crippen molar-refractivity contribution in [3.05, 3.63) is 59.9 Å². The van der Waals surface area contributed by atoms with Crippen molar-refractivity contribution in [1.82, 2.24) is 19.8 Å². The van der Waals surface area contributed by atoms with Gasteiger partial charge in [-0.25, -0.2) is 9.37 Å². The Hall–Kier alpha value is -2.77. The minimum absolute atomic E-state index is 0.176. The minimum Gasteiger partial charge on any atom is -0.368 e. The normalized spacial score (nSPS) is 15.4. The first kappa shape index (κ1) is 20.5. The summed E-state index contributed by atoms with van der Waals surface area (Å²) < 4.78 is 13.8. The minimum atomic E-state index is -0.176. The highest BCUT2D eigenvalue weighted by Gasteiger charge is 2.13. The number of halogens is 1. The van der Waals surface area contributed by atoms with Crippen molar-refractivity contribution in [2.75, 3.05) is 63.5 Å². The zero-order chi connectivity index (χ0) is 20.8. The van der Waals surface area contributed by atoms with E-state index in [1.54, 1.807) is 6.07 Å². The smallest absolute Gasteiger partial charge is 0.225 e. The summed E-state index contributed by atoms with van der Waals surface area (Å²) in [6.07, 6.45) is 0.578. The quantitative estimate of drug-likeness (QED) is 0.598. The van der Waals surface area contributed by atoms with E-state index in [2.05, 4.69) is 32.5 Å². The van der Waals surface area contributed by atoms with Crippen molar-refractivity contribution in [2.24, 2.45) is 0 Å². The molecule has 6 nitrogen and oxygen atoms in total. The summed E-state index contributed by atoms with van der Waals surface area (Å²) in [6, 6.07) is 14.9. The van der Waals surface area contributed by atoms with Gasteiger partial charge in [0.1, 0.15) is 11.6 Å². The first-order chi connectivity index (χ1) is 14.7. The van der Waals surface area contributed by atoms with Gasteiger partial charge in [-0.1, -0.05) is 30.3 Å². The Morgan fingerprint density at radius 2 is 1.67 bits per heavy atom. The van der Waals surface area contributed by atoms with Crippen LogP contribution in [-0.2, 0) is 6.42 Å². The summed E-state index contributed by atoms with van der Waals surface area (Å²) in [5.41, 5.74) is 1.58. The lowest BCUT2D eigenvalue weighted by atomic mass is 10.1. The highest BCUT2D eigenvalue weighted by Crippen LogP contribution is 2.21. The van der Waals surface area contributed by atoms with Gasteiger partial charge in [0.05, 0.1) is 5.52 Å². The van der Waals surface area contributed by atoms with Gasteiger partial charge in [0.15, 0.2) is 0 Å². The second kappa shape index (κ2) is 9.82. The molecule has 1 aliphatic heterocycles. The van der Waals surface area contributed by atoms with Crippen LogP contribution in [0.3, 0.4) is 0 Å². The number of likely N-dealkylation sites (N-methyl/N-ethyl adjacent to an activating group) is 1. The average Bonchev–Trinajstić information content (AvgIpc) is 2.76. The molecule has 1 aliphatic rings. The van der Waals surface area contributed by atoms with E-state index >= 15 is 0 Å². The van der Waals surface area contributed by atoms with Crippen molar-refractivity contribution < 1.29 is 4.39 Å². The molecule has 1 aromatic heterocycles. The number of anilines is 2. The van der Waals surface area contributed by atoms with Gasteiger partial charge in [-0.15, -0.1) is 0 Å². The third-order valence-corrected chi connectivity index (χ3v) is 5.55. The standard InChI is InChI=1S/C23H29FN6/c1-29-14-16-30(17-15-29)13-12-25-22-19-7-3-5-9-21(19)27-23(28-22)26-11-10-18-6-2-4-8-20(18)24/h2-9H,10-17H2,1H3,(H2,25,26,27,28). The molecule has 0 unspecified atom stereocenters. The number of piperazine rings is 1. The molecule has 0 radical (unpaired) electrons. The van der Waals surface area contributed by atoms with Gasteiger partial charge in [0, 0.05) is 51.2 Å². The predicted octanol–water partition coefficient (Wildman–Crippen LogP) is 3.08. The fourth-order valence-corrected chi connectivity index (χ4v) is 3.70. The van der Waals surface area contributed by atoms with E-state index in [0.717, 1.165) is 56.0 Å². The summed E-state index contributed by atoms with van der Waals surface area (Å²) in [5, 5.41) is 7.76. The first-order valence-electron chi connectivity index (χ1n) is 10.6. The Morgan fingerprint density at radius 3 is 2.50 bits per heavy atom. The van der Waals surface area contributed by atoms with Crippen LogP contribution >= 0.6 is 0 Å². The number of hydrogen-bond acceptors (Lipinski definition) is 6. The molecular formula is C23H29FN6. The van der Waals surface area contributed by atoms with Gasteiger partial charge in [-0.2, -0.15) is 4.98 Å². The van der Waals surface area contributed by atoms with E-state index in [1.165, 1.54) is 6.07 Å². The second-order valence-corrected chi connectivity index (χ2v) is 7.75. The highest BCUT2D eigenvalue weighted by atomic mass is 19.1. The van der Waals surface area contributed by atoms with Gasteiger partial charge in [-0.3, -0.25) is 4.90 Å². The number of rotatable bonds is 8. The van der Waals surface area contributed by atoms with Gasteiger partial charge in [-0.05, 0) is 37.2 Å². The number of hydrogen-bond donors (Lipinski definition) is 2. The summed E-state index contributed by atoms with van der Waals surface area (Å²) in [4.78, 5) is 14.2. The fraction of sp³-hybridized carbons (Fsp3) is 0.391. The Bertz CT molecular complexity index is 971. The first-order valence-corrected chi connectivity index (χ1v) is 10.6. The Kier molecular flexibility index (Phi) is 6.71. The van der Waals surface area contributed by atoms with E-state index in [-0.39, 0.29) is 5.82 Å². The Morgan fingerprint density at radius 1 is 0.900 bits per heavy atom. The Balaban J connectivity index is 1.39. The number of para-hydroxylation sites is 1. The zero-order valence-electron chi connectivity index (χ0n) is 17.4. The molecule has 1 fully saturated rings. The maximum absolute atomic E-state index is 13.8. The average molecular weight is 409 g/mol. The molecule has 2 heterocycles. The molecule has 0 bridgehead atoms. The van der Waals surface area contributed by atoms with Crippen LogP contribution in [0.5, 0.6) is 0 Å². The number of fused-ring (bicyclic) bond motifs is 1. The van der Waals surface area contributed by atoms with Crippen molar-refractivity contribution in [1.29, 1.82) is 0 Å². The molecule has 158 valence electrons. The molecular weight excluding hydrogens is 379 g/mol. The molecule has 0 spiro atoms. The zero-order valence-corrected chi connectivity index (χ0v) is 17.4. The summed E-state index contributed by atoms with van der Waals surface area (Å²) >= 11 is 0. The maximum atomic E-state index is 13.8. The van der Waals surface area contributed by atoms with Crippen molar-refractivity contribution in [3.63, 3.8) is 0 Å². The monoisotopic (exact) mass is 408 g/mol. The van der Waals surface area contributed by atoms with Crippen LogP contribution in [0.1, 0.15) is 5.56 Å². The topological polar surface area (TPSA) is 56.3 Å². The molecule has 0 atom stereocenters. The number of benzene rings is 2. The van der Waals surface area contributed by atoms with Crippen LogP contribution in [0.25, 0.3) is 10.9 Å². The molecule has 0 aliphatic carbocycles. The second-order valence-electron chi connectivity index (χ2n) is 7.75. The third kappa shape index (κ3) is 5.23. The van der Waals surface area contributed by atoms with E-state index in [9.17, 15) is 4.39 Å². The van der Waals surface area contributed by atoms with Crippen molar-refractivity contribution in [2.45, 2.75) is 6.42 Å². The van der Waals surface area contributed by atoms with E-state index in [4.69, 9.17) is 4.98 Å². The van der Waals surface area contributed by atoms with Crippen LogP contribution in [0.15, 0.2) is 48.5 Å². The predicted molar refractivity (Wildman–Crippen MR) is 121 cm³/mol. The number of nitrogens with one attached hydrogen (secondary N) is 2. The molecule has 30 heavy (non-hydrogen) atoms. The summed E-state index contributed by atoms with van der Waals surface area (Å²) in [5.74, 6) is 1.22. The van der Waals surface area contributed by atoms with Gasteiger partial charge >= 0.3 is 0 Å². The SMILES string of the molecule is CN1CCN(CCNc2nc(NCCc3ccccc3F)nc3ccccc23)CC1. The lowest BCUT2D eigenvalue weighted by Crippen LogP contribution is -2.45. The fourth-order valence-electron chi connectivity index (χ4n) is 3.70. The third-order valence-electron chi connectivity index (χ3n) is 5.55. The number of nitrogens with zero attached hydrogens (tertiary/aromatic N) is 4. The van der Waals surface area contributed by atoms with Gasteiger partial charge in [0.2, 0.25) is 5.95 Å². The van der Waals surface area contributed by atoms with Crippen LogP contribution in [-0.4, -0.2) is 72.6 Å². The lowest BCUT2D eigenvalue weighted by molar-refractivity contribution is 0.158. The largest absolute Gasteiger partial charge is 0.368 e. The van der Waals surface area contributed by atoms with Crippen LogP contribution in [0.4, 0.5) is 16.2 Å². The highest BCUT2D eigenvalue weighted by molar-refractivity contribution is 5.90. The van der Waals surface area contributed by atoms with E-state index in [0.29, 0.717) is 24.5 Å². The van der Waals surface area contributed by atoms with Crippen LogP contribution < -0.4 is 10.6 Å². The molecule has 2 N–H and O–H groups in total. The molecule has 1 saturated heterocycles. The number of aromatic nitrogens is 2. The van der Waals surface area contributed by atoms with Gasteiger partial charge in [0.25, 0.3) is 0 Å². The lowest BCUT2D eigenvalue weighted by Gasteiger charge is -2.32. The van der Waals surface area contributed by atoms with Crippen molar-refractivity contribution in [3.8, 4) is 0 Å². The van der Waals surface area contributed by atoms with Crippen LogP contribution in [0, 0.1) is 5.82 Å². The van der Waals surface area contributed by atoms with Crippen LogP contribution in [0.2, 0.25) is 0 Å². The summed E-state index contributed by atoms with van der Waals surface area (Å²) in [6.45, 7) is 6.83. The summed E-state index contributed by atoms with van der Waals surface area (Å²) in [7, 11) is 2.17. The molecule has 7 heteroatoms. The van der Waals surface area contributed by atoms with E-state index < -0.39 is 0 Å². The van der Waals surface area contributed by atoms with Gasteiger partial charge < -0.3 is 15.5 Å². The molecule has 0 saturated carbocycles. The Labute approximate surface area is 177 Å². The molecule has 3 aromatic rings. The maximum Gasteiger partial charge on any atom is 0.225 e. The molecule has 4 rings (SSSR count). The van der Waals surface area contributed by atoms with E-state index in [1.807, 2.05) is 36.4 Å². The van der Waals surface area contributed by atoms with Crippen molar-refractivity contribution >= 4 is 22.7 Å².